The maximum atomic E-state index is 11.2. The molecule has 0 aromatic rings. The zero-order chi connectivity index (χ0) is 12.4. The first-order valence-corrected chi connectivity index (χ1v) is 6.22. The van der Waals surface area contributed by atoms with Gasteiger partial charge in [0, 0.05) is 12.5 Å². The fourth-order valence-corrected chi connectivity index (χ4v) is 1.15. The Morgan fingerprint density at radius 2 is 1.62 bits per heavy atom. The Hall–Kier alpha value is -0.410. The maximum absolute atomic E-state index is 11.2. The van der Waals surface area contributed by atoms with Crippen LogP contribution in [0.25, 0.3) is 0 Å². The summed E-state index contributed by atoms with van der Waals surface area (Å²) < 4.78 is 10.6. The summed E-state index contributed by atoms with van der Waals surface area (Å²) in [4.78, 5) is 11.2. The highest BCUT2D eigenvalue weighted by Gasteiger charge is 2.06. The van der Waals surface area contributed by atoms with Crippen LogP contribution in [0.1, 0.15) is 40.5 Å². The summed E-state index contributed by atoms with van der Waals surface area (Å²) >= 11 is 0. The van der Waals surface area contributed by atoms with Crippen molar-refractivity contribution in [3.63, 3.8) is 0 Å². The first-order chi connectivity index (χ1) is 7.54. The number of hydrogen-bond acceptors (Lipinski definition) is 3. The lowest BCUT2D eigenvalue weighted by Crippen LogP contribution is -2.17. The fourth-order valence-electron chi connectivity index (χ4n) is 1.15. The normalized spacial score (nSPS) is 11.4. The highest BCUT2D eigenvalue weighted by Crippen LogP contribution is 2.02. The molecule has 0 radical (unpaired) electrons. The van der Waals surface area contributed by atoms with E-state index in [1.54, 1.807) is 0 Å². The van der Waals surface area contributed by atoms with Crippen LogP contribution in [0.4, 0.5) is 0 Å². The van der Waals surface area contributed by atoms with Gasteiger partial charge in [0.25, 0.3) is 0 Å². The topological polar surface area (TPSA) is 35.5 Å². The Morgan fingerprint density at radius 1 is 1.00 bits per heavy atom. The van der Waals surface area contributed by atoms with Crippen molar-refractivity contribution >= 4 is 5.78 Å². The predicted octanol–water partition coefficient (Wildman–Crippen LogP) is 2.68. The Balaban J connectivity index is 3.13. The van der Waals surface area contributed by atoms with Gasteiger partial charge < -0.3 is 9.47 Å². The van der Waals surface area contributed by atoms with Crippen LogP contribution >= 0.6 is 0 Å². The lowest BCUT2D eigenvalue weighted by atomic mass is 10.1. The van der Waals surface area contributed by atoms with Gasteiger partial charge in [0.05, 0.1) is 13.2 Å². The highest BCUT2D eigenvalue weighted by molar-refractivity contribution is 5.81. The first kappa shape index (κ1) is 15.6. The zero-order valence-electron chi connectivity index (χ0n) is 11.1. The van der Waals surface area contributed by atoms with Crippen LogP contribution in [0, 0.1) is 11.8 Å². The van der Waals surface area contributed by atoms with Crippen molar-refractivity contribution in [2.75, 3.05) is 26.4 Å². The van der Waals surface area contributed by atoms with Crippen molar-refractivity contribution in [2.45, 2.75) is 40.5 Å². The molecule has 0 rings (SSSR count). The van der Waals surface area contributed by atoms with E-state index in [0.717, 1.165) is 18.9 Å². The number of ketones is 1. The van der Waals surface area contributed by atoms with E-state index in [1.807, 2.05) is 13.8 Å². The van der Waals surface area contributed by atoms with E-state index < -0.39 is 0 Å². The van der Waals surface area contributed by atoms with Crippen molar-refractivity contribution < 1.29 is 14.3 Å². The van der Waals surface area contributed by atoms with Crippen molar-refractivity contribution in [1.29, 1.82) is 0 Å². The Kier molecular flexibility index (Phi) is 9.54. The van der Waals surface area contributed by atoms with Gasteiger partial charge in [-0.2, -0.15) is 0 Å². The quantitative estimate of drug-likeness (QED) is 0.541. The molecule has 0 saturated carbocycles. The van der Waals surface area contributed by atoms with E-state index in [4.69, 9.17) is 9.47 Å². The largest absolute Gasteiger partial charge is 0.379 e. The van der Waals surface area contributed by atoms with Crippen LogP contribution in [0.15, 0.2) is 0 Å². The van der Waals surface area contributed by atoms with Gasteiger partial charge in [0.1, 0.15) is 6.61 Å². The molecule has 0 aliphatic rings. The van der Waals surface area contributed by atoms with E-state index in [1.165, 1.54) is 6.42 Å². The third-order valence-corrected chi connectivity index (χ3v) is 2.33. The molecule has 0 fully saturated rings. The first-order valence-electron chi connectivity index (χ1n) is 6.22. The van der Waals surface area contributed by atoms with Gasteiger partial charge in [-0.25, -0.2) is 0 Å². The van der Waals surface area contributed by atoms with Gasteiger partial charge in [-0.05, 0) is 18.8 Å². The minimum atomic E-state index is 0.0620. The highest BCUT2D eigenvalue weighted by atomic mass is 16.5. The van der Waals surface area contributed by atoms with Crippen molar-refractivity contribution in [1.82, 2.24) is 0 Å². The third kappa shape index (κ3) is 10.1. The molecular weight excluding hydrogens is 204 g/mol. The molecule has 0 unspecified atom stereocenters. The Bertz CT molecular complexity index is 176. The van der Waals surface area contributed by atoms with Crippen LogP contribution in [0.3, 0.4) is 0 Å². The second kappa shape index (κ2) is 9.79. The molecule has 96 valence electrons. The molecule has 0 aromatic heterocycles. The molecule has 0 aliphatic carbocycles. The predicted molar refractivity (Wildman–Crippen MR) is 65.6 cm³/mol. The van der Waals surface area contributed by atoms with Crippen LogP contribution in [0.2, 0.25) is 0 Å². The molecule has 0 saturated heterocycles. The summed E-state index contributed by atoms with van der Waals surface area (Å²) in [5.41, 5.74) is 0. The average molecular weight is 230 g/mol. The summed E-state index contributed by atoms with van der Waals surface area (Å²) in [5, 5.41) is 0. The van der Waals surface area contributed by atoms with Gasteiger partial charge in [0.2, 0.25) is 0 Å². The second-order valence-corrected chi connectivity index (χ2v) is 4.82. The lowest BCUT2D eigenvalue weighted by molar-refractivity contribution is -0.127. The van der Waals surface area contributed by atoms with Crippen LogP contribution in [-0.2, 0) is 14.3 Å². The number of ether oxygens (including phenoxy) is 2. The minimum absolute atomic E-state index is 0.0620. The molecule has 0 amide bonds. The van der Waals surface area contributed by atoms with Crippen LogP contribution in [0.5, 0.6) is 0 Å². The summed E-state index contributed by atoms with van der Waals surface area (Å²) in [6.45, 7) is 10.3. The van der Waals surface area contributed by atoms with E-state index >= 15 is 0 Å². The molecule has 0 heterocycles. The summed E-state index contributed by atoms with van der Waals surface area (Å²) in [7, 11) is 0. The van der Waals surface area contributed by atoms with Gasteiger partial charge in [0.15, 0.2) is 5.78 Å². The van der Waals surface area contributed by atoms with Gasteiger partial charge in [-0.3, -0.25) is 4.79 Å². The monoisotopic (exact) mass is 230 g/mol. The number of carbonyl (C=O) groups excluding carboxylic acids is 1. The van der Waals surface area contributed by atoms with E-state index in [2.05, 4.69) is 13.8 Å². The van der Waals surface area contributed by atoms with Gasteiger partial charge in [-0.15, -0.1) is 0 Å². The lowest BCUT2D eigenvalue weighted by Gasteiger charge is -2.07. The van der Waals surface area contributed by atoms with Crippen molar-refractivity contribution in [3.05, 3.63) is 0 Å². The van der Waals surface area contributed by atoms with Crippen LogP contribution in [-0.4, -0.2) is 32.2 Å². The standard InChI is InChI=1S/C13H26O3/c1-11(2)6-5-7-15-8-9-16-10-13(14)12(3)4/h11-12H,5-10H2,1-4H3. The van der Waals surface area contributed by atoms with Crippen LogP contribution < -0.4 is 0 Å². The molecule has 0 N–H and O–H groups in total. The van der Waals surface area contributed by atoms with E-state index in [9.17, 15) is 4.79 Å². The molecule has 3 heteroatoms. The molecule has 0 aromatic carbocycles. The van der Waals surface area contributed by atoms with E-state index in [0.29, 0.717) is 13.2 Å². The molecule has 0 atom stereocenters. The Labute approximate surface area is 99.5 Å². The molecule has 16 heavy (non-hydrogen) atoms. The van der Waals surface area contributed by atoms with Gasteiger partial charge >= 0.3 is 0 Å². The fraction of sp³-hybridized carbons (Fsp3) is 0.923. The zero-order valence-corrected chi connectivity index (χ0v) is 11.1. The molecule has 0 aliphatic heterocycles. The number of rotatable bonds is 10. The number of hydrogen-bond donors (Lipinski definition) is 0. The number of carbonyl (C=O) groups is 1. The molecule has 3 nitrogen and oxygen atoms in total. The van der Waals surface area contributed by atoms with Crippen molar-refractivity contribution in [3.8, 4) is 0 Å². The summed E-state index contributed by atoms with van der Waals surface area (Å²) in [6.07, 6.45) is 2.30. The average Bonchev–Trinajstić information content (AvgIpc) is 2.21. The maximum Gasteiger partial charge on any atom is 0.160 e. The summed E-state index contributed by atoms with van der Waals surface area (Å²) in [5.74, 6) is 0.954. The summed E-state index contributed by atoms with van der Waals surface area (Å²) in [6, 6.07) is 0. The molecule has 0 bridgehead atoms. The third-order valence-electron chi connectivity index (χ3n) is 2.33. The second-order valence-electron chi connectivity index (χ2n) is 4.82. The van der Waals surface area contributed by atoms with E-state index in [-0.39, 0.29) is 18.3 Å². The van der Waals surface area contributed by atoms with Crippen molar-refractivity contribution in [2.24, 2.45) is 11.8 Å². The SMILES string of the molecule is CC(C)CCCOCCOCC(=O)C(C)C. The minimum Gasteiger partial charge on any atom is -0.379 e. The molecule has 0 spiro atoms. The molecular formula is C13H26O3. The Morgan fingerprint density at radius 3 is 2.19 bits per heavy atom. The number of Topliss-reactive ketones (excluding diaryl/α,β-unsaturated/α-hetero) is 1. The smallest absolute Gasteiger partial charge is 0.160 e. The van der Waals surface area contributed by atoms with Gasteiger partial charge in [-0.1, -0.05) is 27.7 Å².